The van der Waals surface area contributed by atoms with Crippen molar-refractivity contribution >= 4 is 29.0 Å². The van der Waals surface area contributed by atoms with Gasteiger partial charge in [0.05, 0.1) is 6.10 Å². The molecule has 1 atom stereocenters. The predicted molar refractivity (Wildman–Crippen MR) is 105 cm³/mol. The summed E-state index contributed by atoms with van der Waals surface area (Å²) in [5.41, 5.74) is 2.45. The topological polar surface area (TPSA) is 70.9 Å². The van der Waals surface area contributed by atoms with Crippen molar-refractivity contribution in [1.29, 1.82) is 0 Å². The van der Waals surface area contributed by atoms with E-state index in [1.165, 1.54) is 0 Å². The molecule has 0 amide bonds. The highest BCUT2D eigenvalue weighted by molar-refractivity contribution is 6.34. The van der Waals surface area contributed by atoms with E-state index in [1.54, 1.807) is 30.6 Å². The fourth-order valence-corrected chi connectivity index (χ4v) is 3.03. The zero-order chi connectivity index (χ0) is 18.5. The highest BCUT2D eigenvalue weighted by atomic mass is 35.5. The zero-order valence-electron chi connectivity index (χ0n) is 14.2. The van der Waals surface area contributed by atoms with E-state index in [4.69, 9.17) is 23.2 Å². The molecule has 1 aromatic carbocycles. The molecule has 0 saturated carbocycles. The maximum Gasteiger partial charge on any atom is 0.161 e. The minimum atomic E-state index is -0.768. The van der Waals surface area contributed by atoms with Gasteiger partial charge in [0.2, 0.25) is 0 Å². The lowest BCUT2D eigenvalue weighted by Crippen LogP contribution is -2.14. The van der Waals surface area contributed by atoms with Crippen molar-refractivity contribution in [2.24, 2.45) is 0 Å². The fourth-order valence-electron chi connectivity index (χ4n) is 2.49. The lowest BCUT2D eigenvalue weighted by atomic mass is 10.1. The molecule has 0 radical (unpaired) electrons. The van der Waals surface area contributed by atoms with E-state index in [-0.39, 0.29) is 6.54 Å². The van der Waals surface area contributed by atoms with Crippen molar-refractivity contribution in [1.82, 2.24) is 15.0 Å². The minimum absolute atomic E-state index is 0.270. The summed E-state index contributed by atoms with van der Waals surface area (Å²) in [5, 5.41) is 14.6. The second-order valence-electron chi connectivity index (χ2n) is 5.76. The third kappa shape index (κ3) is 4.69. The van der Waals surface area contributed by atoms with Crippen LogP contribution in [0, 0.1) is 0 Å². The number of halogens is 2. The first-order chi connectivity index (χ1) is 12.5. The van der Waals surface area contributed by atoms with Gasteiger partial charge in [-0.05, 0) is 42.3 Å². The van der Waals surface area contributed by atoms with E-state index >= 15 is 0 Å². The number of aryl methyl sites for hydroxylation is 1. The number of anilines is 1. The number of nitrogens with one attached hydrogen (secondary N) is 1. The van der Waals surface area contributed by atoms with Crippen LogP contribution in [-0.2, 0) is 6.42 Å². The maximum absolute atomic E-state index is 10.4. The van der Waals surface area contributed by atoms with Crippen molar-refractivity contribution in [2.75, 3.05) is 11.9 Å². The van der Waals surface area contributed by atoms with Crippen molar-refractivity contribution in [3.63, 3.8) is 0 Å². The molecule has 5 nitrogen and oxygen atoms in total. The monoisotopic (exact) mass is 388 g/mol. The molecule has 2 N–H and O–H groups in total. The highest BCUT2D eigenvalue weighted by Crippen LogP contribution is 2.24. The molecule has 0 spiro atoms. The van der Waals surface area contributed by atoms with E-state index < -0.39 is 6.10 Å². The molecule has 0 aliphatic heterocycles. The Bertz CT molecular complexity index is 870. The molecule has 134 valence electrons. The van der Waals surface area contributed by atoms with E-state index in [0.29, 0.717) is 27.3 Å². The molecule has 0 bridgehead atoms. The van der Waals surface area contributed by atoms with Gasteiger partial charge in [0, 0.05) is 46.3 Å². The molecular formula is C19H18Cl2N4O. The van der Waals surface area contributed by atoms with Crippen LogP contribution in [-0.4, -0.2) is 26.6 Å². The highest BCUT2D eigenvalue weighted by Gasteiger charge is 2.11. The summed E-state index contributed by atoms with van der Waals surface area (Å²) < 4.78 is 0. The molecule has 26 heavy (non-hydrogen) atoms. The summed E-state index contributed by atoms with van der Waals surface area (Å²) in [6.07, 6.45) is 3.42. The molecule has 1 unspecified atom stereocenters. The molecule has 2 aromatic heterocycles. The van der Waals surface area contributed by atoms with Gasteiger partial charge in [-0.15, -0.1) is 0 Å². The Morgan fingerprint density at radius 2 is 1.73 bits per heavy atom. The van der Waals surface area contributed by atoms with Crippen LogP contribution < -0.4 is 5.32 Å². The standard InChI is InChI=1S/C19H18Cl2N4O/c1-2-16-10-18(25-19(24-16)12-3-5-22-6-4-12)23-11-17(26)13-7-14(20)9-15(21)8-13/h3-10,17,26H,2,11H2,1H3,(H,23,24,25). The molecule has 0 aliphatic carbocycles. The summed E-state index contributed by atoms with van der Waals surface area (Å²) in [6.45, 7) is 2.30. The van der Waals surface area contributed by atoms with Crippen LogP contribution in [0.15, 0.2) is 48.8 Å². The fraction of sp³-hybridized carbons (Fsp3) is 0.211. The van der Waals surface area contributed by atoms with Crippen LogP contribution in [0.4, 0.5) is 5.82 Å². The summed E-state index contributed by atoms with van der Waals surface area (Å²) in [5.74, 6) is 1.27. The van der Waals surface area contributed by atoms with Gasteiger partial charge >= 0.3 is 0 Å². The van der Waals surface area contributed by atoms with Gasteiger partial charge in [0.15, 0.2) is 5.82 Å². The summed E-state index contributed by atoms with van der Waals surface area (Å²) >= 11 is 12.0. The quantitative estimate of drug-likeness (QED) is 0.647. The molecule has 2 heterocycles. The third-order valence-corrected chi connectivity index (χ3v) is 4.26. The van der Waals surface area contributed by atoms with E-state index in [1.807, 2.05) is 25.1 Å². The van der Waals surface area contributed by atoms with Crippen molar-refractivity contribution in [3.8, 4) is 11.4 Å². The number of aromatic nitrogens is 3. The number of nitrogens with zero attached hydrogens (tertiary/aromatic N) is 3. The van der Waals surface area contributed by atoms with Gasteiger partial charge in [-0.3, -0.25) is 4.98 Å². The van der Waals surface area contributed by atoms with Crippen LogP contribution >= 0.6 is 23.2 Å². The zero-order valence-corrected chi connectivity index (χ0v) is 15.7. The number of benzene rings is 1. The maximum atomic E-state index is 10.4. The number of hydrogen-bond donors (Lipinski definition) is 2. The summed E-state index contributed by atoms with van der Waals surface area (Å²) in [4.78, 5) is 13.1. The number of aliphatic hydroxyl groups is 1. The molecule has 3 rings (SSSR count). The number of pyridine rings is 1. The Balaban J connectivity index is 1.79. The lowest BCUT2D eigenvalue weighted by Gasteiger charge is -2.14. The van der Waals surface area contributed by atoms with Gasteiger partial charge in [0.25, 0.3) is 0 Å². The molecule has 0 fully saturated rings. The average Bonchev–Trinajstić information content (AvgIpc) is 2.65. The number of aliphatic hydroxyl groups excluding tert-OH is 1. The Morgan fingerprint density at radius 3 is 2.38 bits per heavy atom. The average molecular weight is 389 g/mol. The van der Waals surface area contributed by atoms with Crippen LogP contribution in [0.5, 0.6) is 0 Å². The Labute approximate surface area is 162 Å². The minimum Gasteiger partial charge on any atom is -0.387 e. The van der Waals surface area contributed by atoms with Gasteiger partial charge in [0.1, 0.15) is 5.82 Å². The number of rotatable bonds is 6. The Kier molecular flexibility index (Phi) is 6.04. The Morgan fingerprint density at radius 1 is 1.04 bits per heavy atom. The van der Waals surface area contributed by atoms with Gasteiger partial charge < -0.3 is 10.4 Å². The molecule has 3 aromatic rings. The largest absolute Gasteiger partial charge is 0.387 e. The van der Waals surface area contributed by atoms with Crippen molar-refractivity contribution in [2.45, 2.75) is 19.4 Å². The smallest absolute Gasteiger partial charge is 0.161 e. The second kappa shape index (κ2) is 8.45. The van der Waals surface area contributed by atoms with E-state index in [0.717, 1.165) is 17.7 Å². The van der Waals surface area contributed by atoms with Gasteiger partial charge in [-0.2, -0.15) is 0 Å². The van der Waals surface area contributed by atoms with Crippen LogP contribution in [0.25, 0.3) is 11.4 Å². The molecule has 7 heteroatoms. The van der Waals surface area contributed by atoms with Gasteiger partial charge in [-0.1, -0.05) is 30.1 Å². The lowest BCUT2D eigenvalue weighted by molar-refractivity contribution is 0.191. The van der Waals surface area contributed by atoms with Crippen LogP contribution in [0.1, 0.15) is 24.3 Å². The van der Waals surface area contributed by atoms with Crippen LogP contribution in [0.2, 0.25) is 10.0 Å². The Hall–Kier alpha value is -2.21. The third-order valence-electron chi connectivity index (χ3n) is 3.83. The normalized spacial score (nSPS) is 12.0. The SMILES string of the molecule is CCc1cc(NCC(O)c2cc(Cl)cc(Cl)c2)nc(-c2ccncc2)n1. The first-order valence-electron chi connectivity index (χ1n) is 8.21. The van der Waals surface area contributed by atoms with E-state index in [2.05, 4.69) is 20.3 Å². The summed E-state index contributed by atoms with van der Waals surface area (Å²) in [7, 11) is 0. The second-order valence-corrected chi connectivity index (χ2v) is 6.63. The van der Waals surface area contributed by atoms with Crippen LogP contribution in [0.3, 0.4) is 0 Å². The molecular weight excluding hydrogens is 371 g/mol. The number of hydrogen-bond acceptors (Lipinski definition) is 5. The van der Waals surface area contributed by atoms with Crippen molar-refractivity contribution < 1.29 is 5.11 Å². The molecule has 0 saturated heterocycles. The van der Waals surface area contributed by atoms with Crippen molar-refractivity contribution in [3.05, 3.63) is 70.1 Å². The first-order valence-corrected chi connectivity index (χ1v) is 8.97. The van der Waals surface area contributed by atoms with E-state index in [9.17, 15) is 5.11 Å². The summed E-state index contributed by atoms with van der Waals surface area (Å²) in [6, 6.07) is 10.6. The molecule has 0 aliphatic rings. The first kappa shape index (κ1) is 18.6. The predicted octanol–water partition coefficient (Wildman–Crippen LogP) is 4.55. The van der Waals surface area contributed by atoms with Gasteiger partial charge in [-0.25, -0.2) is 9.97 Å².